The average Bonchev–Trinajstić information content (AvgIpc) is 2.61. The minimum Gasteiger partial charge on any atom is -0.504 e. The molecule has 140 valence electrons. The summed E-state index contributed by atoms with van der Waals surface area (Å²) in [6.45, 7) is 6.93. The lowest BCUT2D eigenvalue weighted by molar-refractivity contribution is 0.0573. The van der Waals surface area contributed by atoms with Crippen LogP contribution in [0.4, 0.5) is 0 Å². The van der Waals surface area contributed by atoms with Crippen LogP contribution in [0.5, 0.6) is 11.5 Å². The Morgan fingerprint density at radius 2 is 2.20 bits per heavy atom. The molecule has 1 aromatic rings. The number of amides is 1. The maximum absolute atomic E-state index is 13.1. The monoisotopic (exact) mass is 350 g/mol. The maximum atomic E-state index is 13.1. The summed E-state index contributed by atoms with van der Waals surface area (Å²) in [5.41, 5.74) is 0.541. The summed E-state index contributed by atoms with van der Waals surface area (Å²) in [6, 6.07) is 5.12. The third-order valence-corrected chi connectivity index (χ3v) is 4.41. The van der Waals surface area contributed by atoms with Gasteiger partial charge in [0.25, 0.3) is 5.91 Å². The molecule has 2 rings (SSSR count). The van der Waals surface area contributed by atoms with Crippen molar-refractivity contribution in [2.45, 2.75) is 45.2 Å². The molecule has 0 radical (unpaired) electrons. The van der Waals surface area contributed by atoms with Crippen LogP contribution in [-0.2, 0) is 4.74 Å². The van der Waals surface area contributed by atoms with Crippen LogP contribution in [0, 0.1) is 0 Å². The van der Waals surface area contributed by atoms with E-state index in [1.54, 1.807) is 19.2 Å². The predicted octanol–water partition coefficient (Wildman–Crippen LogP) is 2.41. The molecule has 0 aliphatic carbocycles. The van der Waals surface area contributed by atoms with E-state index in [-0.39, 0.29) is 23.7 Å². The van der Waals surface area contributed by atoms with Crippen molar-refractivity contribution < 1.29 is 19.4 Å². The molecule has 0 saturated carbocycles. The van der Waals surface area contributed by atoms with E-state index in [2.05, 4.69) is 5.32 Å². The lowest BCUT2D eigenvalue weighted by atomic mass is 10.0. The standard InChI is InChI=1S/C19H30N2O4/c1-14(2)21(16-6-4-9-20-13-16)19(23)15-7-8-17(22)18(12-15)25-11-5-10-24-3/h7-8,12,14,16,20,22H,4-6,9-11,13H2,1-3H3. The van der Waals surface area contributed by atoms with E-state index < -0.39 is 0 Å². The van der Waals surface area contributed by atoms with Gasteiger partial charge in [-0.2, -0.15) is 0 Å². The Kier molecular flexibility index (Phi) is 7.52. The first-order valence-electron chi connectivity index (χ1n) is 9.02. The van der Waals surface area contributed by atoms with Crippen molar-refractivity contribution in [2.24, 2.45) is 0 Å². The topological polar surface area (TPSA) is 71.0 Å². The van der Waals surface area contributed by atoms with Crippen molar-refractivity contribution in [2.75, 3.05) is 33.4 Å². The fourth-order valence-electron chi connectivity index (χ4n) is 3.19. The van der Waals surface area contributed by atoms with E-state index in [0.29, 0.717) is 24.5 Å². The number of piperidine rings is 1. The van der Waals surface area contributed by atoms with Gasteiger partial charge in [0.05, 0.1) is 6.61 Å². The zero-order chi connectivity index (χ0) is 18.2. The number of ether oxygens (including phenoxy) is 2. The summed E-state index contributed by atoms with van der Waals surface area (Å²) in [7, 11) is 1.64. The maximum Gasteiger partial charge on any atom is 0.254 e. The van der Waals surface area contributed by atoms with Crippen LogP contribution in [-0.4, -0.2) is 61.4 Å². The summed E-state index contributed by atoms with van der Waals surface area (Å²) < 4.78 is 10.6. The number of carbonyl (C=O) groups is 1. The van der Waals surface area contributed by atoms with E-state index in [1.807, 2.05) is 18.7 Å². The second-order valence-electron chi connectivity index (χ2n) is 6.68. The Morgan fingerprint density at radius 1 is 1.40 bits per heavy atom. The summed E-state index contributed by atoms with van der Waals surface area (Å²) >= 11 is 0. The largest absolute Gasteiger partial charge is 0.504 e. The number of benzene rings is 1. The van der Waals surface area contributed by atoms with Gasteiger partial charge < -0.3 is 24.8 Å². The predicted molar refractivity (Wildman–Crippen MR) is 97.3 cm³/mol. The van der Waals surface area contributed by atoms with Gasteiger partial charge >= 0.3 is 0 Å². The van der Waals surface area contributed by atoms with Gasteiger partial charge in [0.1, 0.15) is 0 Å². The molecule has 1 aromatic carbocycles. The SMILES string of the molecule is COCCCOc1cc(C(=O)N(C(C)C)C2CCCNC2)ccc1O. The Hall–Kier alpha value is -1.79. The number of rotatable bonds is 8. The van der Waals surface area contributed by atoms with Crippen molar-refractivity contribution in [3.63, 3.8) is 0 Å². The van der Waals surface area contributed by atoms with Gasteiger partial charge in [0.2, 0.25) is 0 Å². The third kappa shape index (κ3) is 5.34. The van der Waals surface area contributed by atoms with Crippen LogP contribution < -0.4 is 10.1 Å². The molecule has 1 aliphatic heterocycles. The highest BCUT2D eigenvalue weighted by atomic mass is 16.5. The van der Waals surface area contributed by atoms with Gasteiger partial charge in [-0.1, -0.05) is 0 Å². The lowest BCUT2D eigenvalue weighted by Gasteiger charge is -2.37. The molecule has 6 heteroatoms. The van der Waals surface area contributed by atoms with Gasteiger partial charge in [-0.05, 0) is 51.4 Å². The van der Waals surface area contributed by atoms with Crippen LogP contribution in [0.2, 0.25) is 0 Å². The first-order valence-corrected chi connectivity index (χ1v) is 9.02. The third-order valence-electron chi connectivity index (χ3n) is 4.41. The second-order valence-corrected chi connectivity index (χ2v) is 6.68. The summed E-state index contributed by atoms with van der Waals surface area (Å²) in [5.74, 6) is 0.363. The molecule has 1 atom stereocenters. The molecule has 0 spiro atoms. The van der Waals surface area contributed by atoms with Crippen molar-refractivity contribution >= 4 is 5.91 Å². The number of phenolic OH excluding ortho intramolecular Hbond substituents is 1. The zero-order valence-electron chi connectivity index (χ0n) is 15.5. The Balaban J connectivity index is 2.13. The van der Waals surface area contributed by atoms with Crippen LogP contribution in [0.1, 0.15) is 43.5 Å². The van der Waals surface area contributed by atoms with Crippen molar-refractivity contribution in [3.05, 3.63) is 23.8 Å². The molecule has 6 nitrogen and oxygen atoms in total. The van der Waals surface area contributed by atoms with Gasteiger partial charge in [-0.15, -0.1) is 0 Å². The number of carbonyl (C=O) groups excluding carboxylic acids is 1. The van der Waals surface area contributed by atoms with E-state index in [4.69, 9.17) is 9.47 Å². The van der Waals surface area contributed by atoms with Crippen LogP contribution in [0.25, 0.3) is 0 Å². The molecule has 0 aromatic heterocycles. The number of hydrogen-bond acceptors (Lipinski definition) is 5. The molecule has 1 amide bonds. The van der Waals surface area contributed by atoms with Crippen LogP contribution >= 0.6 is 0 Å². The minimum atomic E-state index is -0.0227. The number of methoxy groups -OCH3 is 1. The summed E-state index contributed by atoms with van der Waals surface area (Å²) in [4.78, 5) is 15.0. The molecular weight excluding hydrogens is 320 g/mol. The minimum absolute atomic E-state index is 0.0227. The van der Waals surface area contributed by atoms with E-state index >= 15 is 0 Å². The van der Waals surface area contributed by atoms with Crippen molar-refractivity contribution in [1.29, 1.82) is 0 Å². The van der Waals surface area contributed by atoms with Crippen molar-refractivity contribution in [3.8, 4) is 11.5 Å². The Bertz CT molecular complexity index is 556. The Labute approximate surface area is 150 Å². The fourth-order valence-corrected chi connectivity index (χ4v) is 3.19. The number of aromatic hydroxyl groups is 1. The number of phenols is 1. The molecule has 1 saturated heterocycles. The molecule has 1 aliphatic rings. The van der Waals surface area contributed by atoms with Gasteiger partial charge in [0.15, 0.2) is 11.5 Å². The summed E-state index contributed by atoms with van der Waals surface area (Å²) in [6.07, 6.45) is 2.81. The van der Waals surface area contributed by atoms with Gasteiger partial charge in [-0.3, -0.25) is 4.79 Å². The molecule has 1 heterocycles. The van der Waals surface area contributed by atoms with E-state index in [0.717, 1.165) is 32.4 Å². The lowest BCUT2D eigenvalue weighted by Crippen LogP contribution is -2.51. The van der Waals surface area contributed by atoms with Crippen LogP contribution in [0.15, 0.2) is 18.2 Å². The smallest absolute Gasteiger partial charge is 0.254 e. The van der Waals surface area contributed by atoms with E-state index in [9.17, 15) is 9.90 Å². The highest BCUT2D eigenvalue weighted by Gasteiger charge is 2.28. The van der Waals surface area contributed by atoms with Crippen LogP contribution in [0.3, 0.4) is 0 Å². The molecule has 1 unspecified atom stereocenters. The Morgan fingerprint density at radius 3 is 2.84 bits per heavy atom. The number of nitrogens with one attached hydrogen (secondary N) is 1. The molecule has 2 N–H and O–H groups in total. The molecule has 25 heavy (non-hydrogen) atoms. The zero-order valence-corrected chi connectivity index (χ0v) is 15.5. The number of nitrogens with zero attached hydrogens (tertiary/aromatic N) is 1. The first kappa shape index (κ1) is 19.5. The average molecular weight is 350 g/mol. The molecular formula is C19H30N2O4. The molecule has 1 fully saturated rings. The first-order chi connectivity index (χ1) is 12.0. The number of hydrogen-bond donors (Lipinski definition) is 2. The highest BCUT2D eigenvalue weighted by molar-refractivity contribution is 5.95. The quantitative estimate of drug-likeness (QED) is 0.705. The van der Waals surface area contributed by atoms with Gasteiger partial charge in [0, 0.05) is 44.3 Å². The second kappa shape index (κ2) is 9.63. The van der Waals surface area contributed by atoms with E-state index in [1.165, 1.54) is 6.07 Å². The van der Waals surface area contributed by atoms with Crippen molar-refractivity contribution in [1.82, 2.24) is 10.2 Å². The summed E-state index contributed by atoms with van der Waals surface area (Å²) in [5, 5.41) is 13.3. The fraction of sp³-hybridized carbons (Fsp3) is 0.632. The van der Waals surface area contributed by atoms with Gasteiger partial charge in [-0.25, -0.2) is 0 Å². The highest BCUT2D eigenvalue weighted by Crippen LogP contribution is 2.28. The molecule has 0 bridgehead atoms. The normalized spacial score (nSPS) is 17.5.